The molecule has 0 aliphatic carbocycles. The van der Waals surface area contributed by atoms with Crippen molar-refractivity contribution in [3.05, 3.63) is 47.5 Å². The first-order valence-corrected chi connectivity index (χ1v) is 13.0. The lowest BCUT2D eigenvalue weighted by atomic mass is 9.95. The summed E-state index contributed by atoms with van der Waals surface area (Å²) in [4.78, 5) is 37.9. The number of amides is 2. The SMILES string of the molecule is COc1cc2ncnc(Nc3ccc(F)c(Cl)c3)c2cc1OCC(=O)N1CCC(C(=O)N2CCCC2)CC1. The van der Waals surface area contributed by atoms with Gasteiger partial charge in [0.05, 0.1) is 17.6 Å². The van der Waals surface area contributed by atoms with E-state index in [0.717, 1.165) is 25.9 Å². The third-order valence-corrected chi connectivity index (χ3v) is 7.36. The first kappa shape index (κ1) is 26.0. The number of piperidine rings is 1. The minimum Gasteiger partial charge on any atom is -0.493 e. The summed E-state index contributed by atoms with van der Waals surface area (Å²) in [5.41, 5.74) is 1.15. The van der Waals surface area contributed by atoms with Crippen LogP contribution >= 0.6 is 11.6 Å². The van der Waals surface area contributed by atoms with Crippen LogP contribution in [0.5, 0.6) is 11.5 Å². The average molecular weight is 542 g/mol. The minimum absolute atomic E-state index is 0.0120. The van der Waals surface area contributed by atoms with Crippen LogP contribution in [0.1, 0.15) is 25.7 Å². The van der Waals surface area contributed by atoms with Gasteiger partial charge in [-0.3, -0.25) is 9.59 Å². The number of hydrogen-bond acceptors (Lipinski definition) is 7. The molecule has 2 saturated heterocycles. The molecule has 0 radical (unpaired) electrons. The Balaban J connectivity index is 1.26. The maximum Gasteiger partial charge on any atom is 0.260 e. The van der Waals surface area contributed by atoms with Crippen LogP contribution < -0.4 is 14.8 Å². The number of carbonyl (C=O) groups is 2. The third-order valence-electron chi connectivity index (χ3n) is 7.07. The molecule has 0 spiro atoms. The molecule has 9 nitrogen and oxygen atoms in total. The fraction of sp³-hybridized carbons (Fsp3) is 0.407. The van der Waals surface area contributed by atoms with Crippen LogP contribution in [0.2, 0.25) is 5.02 Å². The van der Waals surface area contributed by atoms with E-state index < -0.39 is 5.82 Å². The van der Waals surface area contributed by atoms with E-state index in [1.54, 1.807) is 23.1 Å². The van der Waals surface area contributed by atoms with Crippen molar-refractivity contribution in [1.82, 2.24) is 19.8 Å². The highest BCUT2D eigenvalue weighted by Gasteiger charge is 2.31. The summed E-state index contributed by atoms with van der Waals surface area (Å²) in [5.74, 6) is 0.792. The van der Waals surface area contributed by atoms with Gasteiger partial charge in [0, 0.05) is 49.2 Å². The van der Waals surface area contributed by atoms with Crippen molar-refractivity contribution < 1.29 is 23.5 Å². The fourth-order valence-electron chi connectivity index (χ4n) is 4.95. The Hall–Kier alpha value is -3.66. The fourth-order valence-corrected chi connectivity index (χ4v) is 5.13. The number of halogens is 2. The van der Waals surface area contributed by atoms with Crippen molar-refractivity contribution in [2.45, 2.75) is 25.7 Å². The molecule has 38 heavy (non-hydrogen) atoms. The van der Waals surface area contributed by atoms with Gasteiger partial charge in [-0.05, 0) is 49.9 Å². The Labute approximate surface area is 224 Å². The second-order valence-electron chi connectivity index (χ2n) is 9.47. The second kappa shape index (κ2) is 11.4. The van der Waals surface area contributed by atoms with Crippen molar-refractivity contribution in [2.24, 2.45) is 5.92 Å². The van der Waals surface area contributed by atoms with E-state index in [9.17, 15) is 14.0 Å². The van der Waals surface area contributed by atoms with Gasteiger partial charge in [0.15, 0.2) is 18.1 Å². The number of aromatic nitrogens is 2. The minimum atomic E-state index is -0.516. The highest BCUT2D eigenvalue weighted by molar-refractivity contribution is 6.31. The average Bonchev–Trinajstić information content (AvgIpc) is 3.48. The van der Waals surface area contributed by atoms with Gasteiger partial charge >= 0.3 is 0 Å². The summed E-state index contributed by atoms with van der Waals surface area (Å²) >= 11 is 5.91. The van der Waals surface area contributed by atoms with Gasteiger partial charge in [-0.25, -0.2) is 14.4 Å². The van der Waals surface area contributed by atoms with E-state index in [4.69, 9.17) is 21.1 Å². The van der Waals surface area contributed by atoms with Crippen molar-refractivity contribution in [1.29, 1.82) is 0 Å². The molecule has 1 aromatic heterocycles. The lowest BCUT2D eigenvalue weighted by Crippen LogP contribution is -2.45. The largest absolute Gasteiger partial charge is 0.493 e. The molecular formula is C27H29ClFN5O4. The van der Waals surface area contributed by atoms with E-state index >= 15 is 0 Å². The molecule has 0 bridgehead atoms. The first-order chi connectivity index (χ1) is 18.4. The number of likely N-dealkylation sites (tertiary alicyclic amines) is 2. The molecular weight excluding hydrogens is 513 g/mol. The van der Waals surface area contributed by atoms with Gasteiger partial charge in [0.2, 0.25) is 5.91 Å². The number of nitrogens with zero attached hydrogens (tertiary/aromatic N) is 4. The molecule has 2 fully saturated rings. The van der Waals surface area contributed by atoms with Gasteiger partial charge in [0.1, 0.15) is 18.0 Å². The topological polar surface area (TPSA) is 96.9 Å². The van der Waals surface area contributed by atoms with E-state index in [-0.39, 0.29) is 29.4 Å². The summed E-state index contributed by atoms with van der Waals surface area (Å²) < 4.78 is 24.9. The molecule has 2 aliphatic heterocycles. The van der Waals surface area contributed by atoms with E-state index in [0.29, 0.717) is 59.8 Å². The number of hydrogen-bond donors (Lipinski definition) is 1. The Morgan fingerprint density at radius 3 is 2.53 bits per heavy atom. The van der Waals surface area contributed by atoms with Crippen molar-refractivity contribution in [2.75, 3.05) is 45.2 Å². The van der Waals surface area contributed by atoms with E-state index in [1.165, 1.54) is 25.6 Å². The zero-order chi connectivity index (χ0) is 26.6. The van der Waals surface area contributed by atoms with Gasteiger partial charge in [0.25, 0.3) is 5.91 Å². The molecule has 3 aromatic rings. The highest BCUT2D eigenvalue weighted by atomic mass is 35.5. The zero-order valence-corrected chi connectivity index (χ0v) is 21.8. The van der Waals surface area contributed by atoms with Gasteiger partial charge in [-0.2, -0.15) is 0 Å². The number of ether oxygens (including phenoxy) is 2. The molecule has 0 atom stereocenters. The van der Waals surface area contributed by atoms with Crippen LogP contribution in [0.4, 0.5) is 15.9 Å². The summed E-state index contributed by atoms with van der Waals surface area (Å²) in [6.45, 7) is 2.59. The van der Waals surface area contributed by atoms with Crippen LogP contribution in [0.25, 0.3) is 10.9 Å². The van der Waals surface area contributed by atoms with Crippen LogP contribution in [0, 0.1) is 11.7 Å². The van der Waals surface area contributed by atoms with E-state index in [1.807, 2.05) is 4.90 Å². The zero-order valence-electron chi connectivity index (χ0n) is 21.1. The smallest absolute Gasteiger partial charge is 0.260 e. The predicted molar refractivity (Wildman–Crippen MR) is 141 cm³/mol. The Morgan fingerprint density at radius 1 is 1.05 bits per heavy atom. The molecule has 2 amide bonds. The van der Waals surface area contributed by atoms with Gasteiger partial charge in [-0.1, -0.05) is 11.6 Å². The summed E-state index contributed by atoms with van der Waals surface area (Å²) in [6, 6.07) is 7.69. The summed E-state index contributed by atoms with van der Waals surface area (Å²) in [6.07, 6.45) is 4.88. The second-order valence-corrected chi connectivity index (χ2v) is 9.88. The number of methoxy groups -OCH3 is 1. The van der Waals surface area contributed by atoms with E-state index in [2.05, 4.69) is 15.3 Å². The van der Waals surface area contributed by atoms with Crippen molar-refractivity contribution in [3.8, 4) is 11.5 Å². The van der Waals surface area contributed by atoms with Crippen LogP contribution in [-0.2, 0) is 9.59 Å². The molecule has 0 unspecified atom stereocenters. The number of rotatable bonds is 7. The molecule has 2 aromatic carbocycles. The predicted octanol–water partition coefficient (Wildman–Crippen LogP) is 4.41. The Morgan fingerprint density at radius 2 is 1.82 bits per heavy atom. The molecule has 3 heterocycles. The highest BCUT2D eigenvalue weighted by Crippen LogP contribution is 2.35. The summed E-state index contributed by atoms with van der Waals surface area (Å²) in [5, 5.41) is 3.74. The lowest BCUT2D eigenvalue weighted by Gasteiger charge is -2.33. The summed E-state index contributed by atoms with van der Waals surface area (Å²) in [7, 11) is 1.51. The number of carbonyl (C=O) groups excluding carboxylic acids is 2. The number of benzene rings is 2. The van der Waals surface area contributed by atoms with Crippen LogP contribution in [0.15, 0.2) is 36.7 Å². The van der Waals surface area contributed by atoms with Crippen LogP contribution in [0.3, 0.4) is 0 Å². The molecule has 11 heteroatoms. The van der Waals surface area contributed by atoms with Crippen molar-refractivity contribution >= 4 is 45.8 Å². The maximum atomic E-state index is 13.6. The monoisotopic (exact) mass is 541 g/mol. The van der Waals surface area contributed by atoms with Gasteiger partial charge < -0.3 is 24.6 Å². The number of nitrogens with one attached hydrogen (secondary N) is 1. The van der Waals surface area contributed by atoms with Crippen molar-refractivity contribution in [3.63, 3.8) is 0 Å². The number of fused-ring (bicyclic) bond motifs is 1. The normalized spacial score (nSPS) is 16.1. The van der Waals surface area contributed by atoms with Crippen LogP contribution in [-0.4, -0.2) is 71.5 Å². The lowest BCUT2D eigenvalue weighted by molar-refractivity contribution is -0.140. The molecule has 2 aliphatic rings. The Kier molecular flexibility index (Phi) is 7.78. The molecule has 200 valence electrons. The first-order valence-electron chi connectivity index (χ1n) is 12.7. The third kappa shape index (κ3) is 5.60. The molecule has 1 N–H and O–H groups in total. The standard InChI is InChI=1S/C27H29ClFN5O4/c1-37-23-14-22-19(26(31-16-30-22)32-18-4-5-21(29)20(28)12-18)13-24(23)38-15-25(35)33-10-6-17(7-11-33)27(36)34-8-2-3-9-34/h4-5,12-14,16-17H,2-3,6-11,15H2,1H3,(H,30,31,32). The quantitative estimate of drug-likeness (QED) is 0.473. The maximum absolute atomic E-state index is 13.6. The Bertz CT molecular complexity index is 1340. The molecule has 0 saturated carbocycles. The number of anilines is 2. The molecule has 5 rings (SSSR count). The van der Waals surface area contributed by atoms with Gasteiger partial charge in [-0.15, -0.1) is 0 Å².